The third kappa shape index (κ3) is 5.23. The maximum Gasteiger partial charge on any atom is 0.162 e. The number of aromatic nitrogens is 2. The van der Waals surface area contributed by atoms with Crippen molar-refractivity contribution in [2.75, 3.05) is 19.5 Å². The van der Waals surface area contributed by atoms with Gasteiger partial charge in [-0.25, -0.2) is 9.97 Å². The Morgan fingerprint density at radius 2 is 1.42 bits per heavy atom. The number of ether oxygens (including phenoxy) is 2. The van der Waals surface area contributed by atoms with Crippen molar-refractivity contribution in [2.45, 2.75) is 32.4 Å². The summed E-state index contributed by atoms with van der Waals surface area (Å²) in [5.41, 5.74) is 4.12. The summed E-state index contributed by atoms with van der Waals surface area (Å²) in [4.78, 5) is 8.83. The molecular formula is C27H30N4O2. The van der Waals surface area contributed by atoms with Gasteiger partial charge >= 0.3 is 0 Å². The normalized spacial score (nSPS) is 12.4. The monoisotopic (exact) mass is 442 g/mol. The average molecular weight is 443 g/mol. The van der Waals surface area contributed by atoms with E-state index in [4.69, 9.17) is 9.47 Å². The van der Waals surface area contributed by atoms with Crippen LogP contribution in [0.4, 0.5) is 11.5 Å². The minimum absolute atomic E-state index is 0.0303. The molecule has 0 spiro atoms. The highest BCUT2D eigenvalue weighted by Crippen LogP contribution is 2.34. The lowest BCUT2D eigenvalue weighted by Gasteiger charge is -2.29. The van der Waals surface area contributed by atoms with E-state index >= 15 is 0 Å². The highest BCUT2D eigenvalue weighted by Gasteiger charge is 2.20. The van der Waals surface area contributed by atoms with Crippen molar-refractivity contribution in [1.82, 2.24) is 15.3 Å². The van der Waals surface area contributed by atoms with Gasteiger partial charge in [-0.2, -0.15) is 0 Å². The Morgan fingerprint density at radius 1 is 0.788 bits per heavy atom. The number of nitrogens with zero attached hydrogens (tertiary/aromatic N) is 2. The zero-order chi connectivity index (χ0) is 23.4. The molecule has 0 aliphatic rings. The van der Waals surface area contributed by atoms with E-state index in [1.807, 2.05) is 18.2 Å². The Bertz CT molecular complexity index is 1220. The molecule has 170 valence electrons. The van der Waals surface area contributed by atoms with Crippen LogP contribution in [-0.2, 0) is 0 Å². The summed E-state index contributed by atoms with van der Waals surface area (Å²) in [7, 11) is 3.23. The fourth-order valence-electron chi connectivity index (χ4n) is 3.82. The van der Waals surface area contributed by atoms with Crippen LogP contribution in [0, 0.1) is 0 Å². The second-order valence-electron chi connectivity index (χ2n) is 8.93. The third-order valence-electron chi connectivity index (χ3n) is 5.36. The molecule has 1 heterocycles. The molecule has 0 amide bonds. The van der Waals surface area contributed by atoms with Gasteiger partial charge in [0.1, 0.15) is 12.1 Å². The van der Waals surface area contributed by atoms with Crippen LogP contribution < -0.4 is 20.1 Å². The van der Waals surface area contributed by atoms with Crippen LogP contribution in [0.3, 0.4) is 0 Å². The van der Waals surface area contributed by atoms with Gasteiger partial charge in [0, 0.05) is 22.7 Å². The van der Waals surface area contributed by atoms with Crippen molar-refractivity contribution in [3.05, 3.63) is 84.2 Å². The summed E-state index contributed by atoms with van der Waals surface area (Å²) >= 11 is 0. The Balaban J connectivity index is 1.64. The van der Waals surface area contributed by atoms with Crippen LogP contribution in [0.2, 0.25) is 0 Å². The molecule has 33 heavy (non-hydrogen) atoms. The number of rotatable bonds is 7. The molecule has 1 aromatic heterocycles. The number of methoxy groups -OCH3 is 2. The minimum atomic E-state index is -0.0303. The van der Waals surface area contributed by atoms with Crippen LogP contribution in [0.1, 0.15) is 37.9 Å². The van der Waals surface area contributed by atoms with Crippen molar-refractivity contribution >= 4 is 22.4 Å². The molecule has 0 saturated heterocycles. The maximum atomic E-state index is 5.46. The average Bonchev–Trinajstić information content (AvgIpc) is 2.82. The summed E-state index contributed by atoms with van der Waals surface area (Å²) in [5, 5.41) is 8.02. The third-order valence-corrected chi connectivity index (χ3v) is 5.36. The summed E-state index contributed by atoms with van der Waals surface area (Å²) < 4.78 is 10.9. The standard InChI is InChI=1S/C27H30N4O2/c1-27(2,3)31-25(18-9-7-6-8-10-18)19-11-13-20(14-12-19)30-26-21-15-23(32-4)24(33-5)16-22(21)28-17-29-26/h6-17,25,31H,1-5H3,(H,28,29,30)/t25-/m0/s1. The van der Waals surface area contributed by atoms with E-state index in [2.05, 4.69) is 89.9 Å². The molecule has 4 aromatic rings. The van der Waals surface area contributed by atoms with Crippen molar-refractivity contribution in [2.24, 2.45) is 0 Å². The molecule has 6 nitrogen and oxygen atoms in total. The molecule has 2 N–H and O–H groups in total. The van der Waals surface area contributed by atoms with Crippen LogP contribution in [-0.4, -0.2) is 29.7 Å². The molecule has 1 atom stereocenters. The number of benzene rings is 3. The highest BCUT2D eigenvalue weighted by molar-refractivity contribution is 5.93. The molecule has 6 heteroatoms. The first kappa shape index (κ1) is 22.6. The van der Waals surface area contributed by atoms with E-state index in [0.717, 1.165) is 16.6 Å². The fraction of sp³-hybridized carbons (Fsp3) is 0.259. The lowest BCUT2D eigenvalue weighted by molar-refractivity contribution is 0.356. The number of fused-ring (bicyclic) bond motifs is 1. The van der Waals surface area contributed by atoms with E-state index in [0.29, 0.717) is 17.3 Å². The van der Waals surface area contributed by atoms with Crippen LogP contribution in [0.15, 0.2) is 73.1 Å². The molecule has 0 bridgehead atoms. The second kappa shape index (κ2) is 9.46. The largest absolute Gasteiger partial charge is 0.493 e. The first-order valence-electron chi connectivity index (χ1n) is 10.9. The van der Waals surface area contributed by atoms with Crippen molar-refractivity contribution in [3.8, 4) is 11.5 Å². The van der Waals surface area contributed by atoms with Gasteiger partial charge in [0.05, 0.1) is 25.8 Å². The van der Waals surface area contributed by atoms with E-state index in [1.54, 1.807) is 20.5 Å². The van der Waals surface area contributed by atoms with Crippen molar-refractivity contribution < 1.29 is 9.47 Å². The molecule has 0 saturated carbocycles. The smallest absolute Gasteiger partial charge is 0.162 e. The predicted molar refractivity (Wildman–Crippen MR) is 134 cm³/mol. The fourth-order valence-corrected chi connectivity index (χ4v) is 3.82. The topological polar surface area (TPSA) is 68.3 Å². The summed E-state index contributed by atoms with van der Waals surface area (Å²) in [5.74, 6) is 1.98. The van der Waals surface area contributed by atoms with E-state index < -0.39 is 0 Å². The van der Waals surface area contributed by atoms with Gasteiger partial charge in [0.15, 0.2) is 11.5 Å². The molecule has 0 radical (unpaired) electrons. The van der Waals surface area contributed by atoms with E-state index in [9.17, 15) is 0 Å². The minimum Gasteiger partial charge on any atom is -0.493 e. The SMILES string of the molecule is COc1cc2ncnc(Nc3ccc([C@@H](NC(C)(C)C)c4ccccc4)cc3)c2cc1OC. The maximum absolute atomic E-state index is 5.46. The quantitative estimate of drug-likeness (QED) is 0.373. The lowest BCUT2D eigenvalue weighted by Crippen LogP contribution is -2.39. The summed E-state index contributed by atoms with van der Waals surface area (Å²) in [6.07, 6.45) is 1.55. The highest BCUT2D eigenvalue weighted by atomic mass is 16.5. The van der Waals surface area contributed by atoms with Gasteiger partial charge in [-0.15, -0.1) is 0 Å². The van der Waals surface area contributed by atoms with Gasteiger partial charge in [-0.05, 0) is 50.1 Å². The molecule has 0 unspecified atom stereocenters. The number of anilines is 2. The van der Waals surface area contributed by atoms with Gasteiger partial charge < -0.3 is 20.1 Å². The molecule has 0 aliphatic heterocycles. The molecule has 4 rings (SSSR count). The van der Waals surface area contributed by atoms with Gasteiger partial charge in [-0.3, -0.25) is 0 Å². The molecular weight excluding hydrogens is 412 g/mol. The van der Waals surface area contributed by atoms with Crippen LogP contribution >= 0.6 is 0 Å². The predicted octanol–water partition coefficient (Wildman–Crippen LogP) is 5.87. The zero-order valence-corrected chi connectivity index (χ0v) is 19.7. The van der Waals surface area contributed by atoms with Gasteiger partial charge in [0.2, 0.25) is 0 Å². The molecule has 3 aromatic carbocycles. The molecule has 0 fully saturated rings. The van der Waals surface area contributed by atoms with Crippen LogP contribution in [0.25, 0.3) is 10.9 Å². The van der Waals surface area contributed by atoms with Gasteiger partial charge in [-0.1, -0.05) is 42.5 Å². The first-order chi connectivity index (χ1) is 15.9. The lowest BCUT2D eigenvalue weighted by atomic mass is 9.95. The Kier molecular flexibility index (Phi) is 6.47. The number of hydrogen-bond acceptors (Lipinski definition) is 6. The zero-order valence-electron chi connectivity index (χ0n) is 19.7. The van der Waals surface area contributed by atoms with Gasteiger partial charge in [0.25, 0.3) is 0 Å². The van der Waals surface area contributed by atoms with Crippen molar-refractivity contribution in [1.29, 1.82) is 0 Å². The Morgan fingerprint density at radius 3 is 2.06 bits per heavy atom. The first-order valence-corrected chi connectivity index (χ1v) is 10.9. The van der Waals surface area contributed by atoms with Crippen LogP contribution in [0.5, 0.6) is 11.5 Å². The Hall–Kier alpha value is -3.64. The Labute approximate surface area is 195 Å². The van der Waals surface area contributed by atoms with Crippen molar-refractivity contribution in [3.63, 3.8) is 0 Å². The summed E-state index contributed by atoms with van der Waals surface area (Å²) in [6.45, 7) is 6.55. The summed E-state index contributed by atoms with van der Waals surface area (Å²) in [6, 6.07) is 22.8. The number of nitrogens with one attached hydrogen (secondary N) is 2. The second-order valence-corrected chi connectivity index (χ2v) is 8.93. The number of hydrogen-bond donors (Lipinski definition) is 2. The van der Waals surface area contributed by atoms with E-state index in [1.165, 1.54) is 11.1 Å². The van der Waals surface area contributed by atoms with E-state index in [-0.39, 0.29) is 11.6 Å². The molecule has 0 aliphatic carbocycles.